The molecule has 0 aromatic carbocycles. The van der Waals surface area contributed by atoms with E-state index in [2.05, 4.69) is 0 Å². The zero-order chi connectivity index (χ0) is 6.69. The fourth-order valence-corrected chi connectivity index (χ4v) is 0.630. The number of ether oxygens (including phenoxy) is 2. The second kappa shape index (κ2) is 4.65. The highest BCUT2D eigenvalue weighted by Crippen LogP contribution is 1.99. The van der Waals surface area contributed by atoms with Crippen molar-refractivity contribution in [3.8, 4) is 0 Å². The molecule has 0 bridgehead atoms. The van der Waals surface area contributed by atoms with Crippen molar-refractivity contribution in [2.75, 3.05) is 19.8 Å². The number of halogens is 1. The minimum Gasteiger partial charge on any atom is -0.479 e. The number of rotatable bonds is 1. The lowest BCUT2D eigenvalue weighted by Gasteiger charge is -2.18. The third kappa shape index (κ3) is 2.64. The number of carbonyl (C=O) groups is 1. The van der Waals surface area contributed by atoms with Gasteiger partial charge in [0, 0.05) is 0 Å². The van der Waals surface area contributed by atoms with E-state index in [9.17, 15) is 4.79 Å². The van der Waals surface area contributed by atoms with Gasteiger partial charge in [0.05, 0.1) is 19.8 Å². The van der Waals surface area contributed by atoms with Gasteiger partial charge in [-0.2, -0.15) is 0 Å². The van der Waals surface area contributed by atoms with E-state index in [0.29, 0.717) is 13.2 Å². The number of carboxylic acids is 1. The van der Waals surface area contributed by atoms with E-state index < -0.39 is 12.1 Å². The van der Waals surface area contributed by atoms with Crippen LogP contribution in [0.5, 0.6) is 0 Å². The molecule has 1 N–H and O–H groups in total. The van der Waals surface area contributed by atoms with Crippen molar-refractivity contribution in [1.82, 2.24) is 0 Å². The predicted molar refractivity (Wildman–Crippen MR) is 38.5 cm³/mol. The van der Waals surface area contributed by atoms with Crippen LogP contribution >= 0.6 is 17.0 Å². The molecule has 1 fully saturated rings. The highest BCUT2D eigenvalue weighted by Gasteiger charge is 2.20. The number of hydrogen-bond acceptors (Lipinski definition) is 3. The highest BCUT2D eigenvalue weighted by molar-refractivity contribution is 8.93. The van der Waals surface area contributed by atoms with Crippen LogP contribution in [0.1, 0.15) is 0 Å². The molecule has 1 heterocycles. The van der Waals surface area contributed by atoms with Gasteiger partial charge < -0.3 is 14.6 Å². The first-order chi connectivity index (χ1) is 4.30. The molecule has 0 aromatic rings. The maximum atomic E-state index is 10.1. The van der Waals surface area contributed by atoms with Gasteiger partial charge in [0.1, 0.15) is 0 Å². The SMILES string of the molecule is Br.O=C(O)C1COCCO1. The van der Waals surface area contributed by atoms with Crippen LogP contribution in [0.2, 0.25) is 0 Å². The summed E-state index contributed by atoms with van der Waals surface area (Å²) in [6.07, 6.45) is -0.751. The highest BCUT2D eigenvalue weighted by atomic mass is 79.9. The first-order valence-corrected chi connectivity index (χ1v) is 2.73. The Bertz CT molecular complexity index is 110. The van der Waals surface area contributed by atoms with Crippen LogP contribution in [0.4, 0.5) is 0 Å². The Morgan fingerprint density at radius 2 is 2.20 bits per heavy atom. The van der Waals surface area contributed by atoms with Gasteiger partial charge in [-0.3, -0.25) is 0 Å². The Balaban J connectivity index is 0.000000810. The lowest BCUT2D eigenvalue weighted by Crippen LogP contribution is -2.35. The van der Waals surface area contributed by atoms with Crippen molar-refractivity contribution in [3.05, 3.63) is 0 Å². The monoisotopic (exact) mass is 212 g/mol. The fraction of sp³-hybridized carbons (Fsp3) is 0.800. The quantitative estimate of drug-likeness (QED) is 0.669. The topological polar surface area (TPSA) is 55.8 Å². The molecule has 60 valence electrons. The summed E-state index contributed by atoms with van der Waals surface area (Å²) < 4.78 is 9.65. The van der Waals surface area contributed by atoms with Gasteiger partial charge in [-0.05, 0) is 0 Å². The summed E-state index contributed by atoms with van der Waals surface area (Å²) in [6, 6.07) is 0. The van der Waals surface area contributed by atoms with E-state index in [0.717, 1.165) is 0 Å². The molecule has 5 heteroatoms. The first-order valence-electron chi connectivity index (χ1n) is 2.73. The second-order valence-electron chi connectivity index (χ2n) is 1.77. The summed E-state index contributed by atoms with van der Waals surface area (Å²) in [5.74, 6) is -0.949. The van der Waals surface area contributed by atoms with Crippen molar-refractivity contribution in [2.45, 2.75) is 6.10 Å². The van der Waals surface area contributed by atoms with Crippen LogP contribution in [0.25, 0.3) is 0 Å². The second-order valence-corrected chi connectivity index (χ2v) is 1.77. The summed E-state index contributed by atoms with van der Waals surface area (Å²) in [4.78, 5) is 10.1. The van der Waals surface area contributed by atoms with Crippen LogP contribution in [0.15, 0.2) is 0 Å². The molecule has 1 aliphatic rings. The Morgan fingerprint density at radius 3 is 2.50 bits per heavy atom. The van der Waals surface area contributed by atoms with Gasteiger partial charge in [-0.1, -0.05) is 0 Å². The van der Waals surface area contributed by atoms with Crippen LogP contribution < -0.4 is 0 Å². The molecule has 1 rings (SSSR count). The Labute approximate surface area is 68.9 Å². The molecule has 1 aliphatic heterocycles. The number of hydrogen-bond donors (Lipinski definition) is 1. The summed E-state index contributed by atoms with van der Waals surface area (Å²) in [6.45, 7) is 1.07. The lowest BCUT2D eigenvalue weighted by atomic mass is 10.4. The zero-order valence-corrected chi connectivity index (χ0v) is 6.99. The molecule has 0 radical (unpaired) electrons. The molecule has 4 nitrogen and oxygen atoms in total. The van der Waals surface area contributed by atoms with Crippen LogP contribution in [0.3, 0.4) is 0 Å². The zero-order valence-electron chi connectivity index (χ0n) is 5.28. The van der Waals surface area contributed by atoms with Gasteiger partial charge in [-0.25, -0.2) is 4.79 Å². The normalized spacial score (nSPS) is 25.0. The maximum Gasteiger partial charge on any atom is 0.335 e. The van der Waals surface area contributed by atoms with E-state index in [1.807, 2.05) is 0 Å². The van der Waals surface area contributed by atoms with E-state index >= 15 is 0 Å². The minimum absolute atomic E-state index is 0. The lowest BCUT2D eigenvalue weighted by molar-refractivity contribution is -0.164. The molecule has 0 aromatic heterocycles. The van der Waals surface area contributed by atoms with Gasteiger partial charge in [0.2, 0.25) is 0 Å². The molecule has 0 amide bonds. The van der Waals surface area contributed by atoms with E-state index in [1.165, 1.54) is 0 Å². The Morgan fingerprint density at radius 1 is 1.50 bits per heavy atom. The summed E-state index contributed by atoms with van der Waals surface area (Å²) in [5.41, 5.74) is 0. The average molecular weight is 213 g/mol. The van der Waals surface area contributed by atoms with Crippen LogP contribution in [0, 0.1) is 0 Å². The van der Waals surface area contributed by atoms with Crippen molar-refractivity contribution in [1.29, 1.82) is 0 Å². The van der Waals surface area contributed by atoms with Gasteiger partial charge in [0.25, 0.3) is 0 Å². The van der Waals surface area contributed by atoms with E-state index in [4.69, 9.17) is 14.6 Å². The molecule has 10 heavy (non-hydrogen) atoms. The van der Waals surface area contributed by atoms with Gasteiger partial charge >= 0.3 is 5.97 Å². The molecule has 0 spiro atoms. The number of carboxylic acid groups (broad SMARTS) is 1. The molecule has 0 aliphatic carbocycles. The Hall–Kier alpha value is -0.130. The molecule has 1 atom stereocenters. The molecule has 1 saturated heterocycles. The molecule has 0 saturated carbocycles. The van der Waals surface area contributed by atoms with Crippen molar-refractivity contribution in [2.24, 2.45) is 0 Å². The molecular weight excluding hydrogens is 204 g/mol. The largest absolute Gasteiger partial charge is 0.479 e. The molecule has 1 unspecified atom stereocenters. The van der Waals surface area contributed by atoms with Crippen molar-refractivity contribution >= 4 is 23.0 Å². The maximum absolute atomic E-state index is 10.1. The molecular formula is C5H9BrO4. The Kier molecular flexibility index (Phi) is 4.59. The van der Waals surface area contributed by atoms with Gasteiger partial charge in [-0.15, -0.1) is 17.0 Å². The van der Waals surface area contributed by atoms with E-state index in [-0.39, 0.29) is 23.6 Å². The van der Waals surface area contributed by atoms with Crippen LogP contribution in [-0.2, 0) is 14.3 Å². The first kappa shape index (κ1) is 9.87. The standard InChI is InChI=1S/C5H8O4.BrH/c6-5(7)4-3-8-1-2-9-4;/h4H,1-3H2,(H,6,7);1H. The van der Waals surface area contributed by atoms with Crippen molar-refractivity contribution < 1.29 is 19.4 Å². The minimum atomic E-state index is -0.949. The smallest absolute Gasteiger partial charge is 0.335 e. The predicted octanol–water partition coefficient (Wildman–Crippen LogP) is 0.0643. The average Bonchev–Trinajstić information content (AvgIpc) is 1.90. The van der Waals surface area contributed by atoms with Crippen LogP contribution in [-0.4, -0.2) is 37.0 Å². The fourth-order valence-electron chi connectivity index (χ4n) is 0.630. The third-order valence-corrected chi connectivity index (χ3v) is 1.09. The summed E-state index contributed by atoms with van der Waals surface area (Å²) in [5, 5.41) is 8.33. The van der Waals surface area contributed by atoms with Crippen molar-refractivity contribution in [3.63, 3.8) is 0 Å². The summed E-state index contributed by atoms with van der Waals surface area (Å²) >= 11 is 0. The summed E-state index contributed by atoms with van der Waals surface area (Å²) in [7, 11) is 0. The van der Waals surface area contributed by atoms with Gasteiger partial charge in [0.15, 0.2) is 6.10 Å². The van der Waals surface area contributed by atoms with E-state index in [1.54, 1.807) is 0 Å². The third-order valence-electron chi connectivity index (χ3n) is 1.09. The number of aliphatic carboxylic acids is 1.